The zero-order chi connectivity index (χ0) is 31.9. The number of anilines is 3. The normalized spacial score (nSPS) is 16.2. The lowest BCUT2D eigenvalue weighted by Gasteiger charge is -2.38. The van der Waals surface area contributed by atoms with Gasteiger partial charge in [0.2, 0.25) is 0 Å². The molecule has 2 aliphatic rings. The number of esters is 1. The first kappa shape index (κ1) is 30.8. The number of nitrogens with zero attached hydrogens (tertiary/aromatic N) is 1. The lowest BCUT2D eigenvalue weighted by Crippen LogP contribution is -2.33. The molecule has 1 unspecified atom stereocenters. The highest BCUT2D eigenvalue weighted by Gasteiger charge is 2.53. The molecular weight excluding hydrogens is 556 g/mol. The molecule has 45 heavy (non-hydrogen) atoms. The molecule has 4 aromatic rings. The van der Waals surface area contributed by atoms with Crippen molar-refractivity contribution < 1.29 is 14.3 Å². The minimum atomic E-state index is -1.11. The molecule has 1 atom stereocenters. The Kier molecular flexibility index (Phi) is 8.39. The number of aryl methyl sites for hydroxylation is 2. The van der Waals surface area contributed by atoms with Gasteiger partial charge in [-0.25, -0.2) is 4.79 Å². The van der Waals surface area contributed by atoms with Crippen molar-refractivity contribution in [1.82, 2.24) is 0 Å². The number of hydrogen-bond donors (Lipinski definition) is 1. The first-order chi connectivity index (χ1) is 21.7. The van der Waals surface area contributed by atoms with E-state index in [1.165, 1.54) is 16.7 Å². The third-order valence-electron chi connectivity index (χ3n) is 9.65. The summed E-state index contributed by atoms with van der Waals surface area (Å²) in [6.45, 7) is 17.4. The van der Waals surface area contributed by atoms with E-state index in [2.05, 4.69) is 101 Å². The number of nitrogens with one attached hydrogen (secondary N) is 1. The molecular formula is C40H46N2O3. The molecule has 0 radical (unpaired) electrons. The first-order valence-corrected chi connectivity index (χ1v) is 16.7. The van der Waals surface area contributed by atoms with Crippen LogP contribution < -0.4 is 15.0 Å². The molecule has 6 rings (SSSR count). The summed E-state index contributed by atoms with van der Waals surface area (Å²) in [5.74, 6) is 1.74. The molecule has 0 aliphatic carbocycles. The van der Waals surface area contributed by atoms with Crippen molar-refractivity contribution in [2.45, 2.75) is 79.8 Å². The van der Waals surface area contributed by atoms with Crippen LogP contribution in [0.25, 0.3) is 0 Å². The molecule has 2 aliphatic heterocycles. The highest BCUT2D eigenvalue weighted by Crippen LogP contribution is 2.57. The molecule has 5 heteroatoms. The van der Waals surface area contributed by atoms with Crippen LogP contribution in [-0.4, -0.2) is 19.1 Å². The summed E-state index contributed by atoms with van der Waals surface area (Å²) >= 11 is 0. The number of carbonyl (C=O) groups excluding carboxylic acids is 1. The van der Waals surface area contributed by atoms with Gasteiger partial charge in [-0.3, -0.25) is 0 Å². The Balaban J connectivity index is 1.51. The molecule has 0 saturated heterocycles. The van der Waals surface area contributed by atoms with E-state index in [0.29, 0.717) is 17.2 Å². The van der Waals surface area contributed by atoms with E-state index in [0.717, 1.165) is 83.8 Å². The van der Waals surface area contributed by atoms with Gasteiger partial charge in [-0.15, -0.1) is 0 Å². The summed E-state index contributed by atoms with van der Waals surface area (Å²) in [5.41, 5.74) is 10.5. The highest BCUT2D eigenvalue weighted by atomic mass is 16.6. The van der Waals surface area contributed by atoms with E-state index in [9.17, 15) is 4.79 Å². The smallest absolute Gasteiger partial charge is 0.340 e. The van der Waals surface area contributed by atoms with Crippen LogP contribution in [0.1, 0.15) is 97.3 Å². The van der Waals surface area contributed by atoms with Gasteiger partial charge < -0.3 is 19.7 Å². The van der Waals surface area contributed by atoms with Crippen molar-refractivity contribution >= 4 is 23.0 Å². The second kappa shape index (κ2) is 12.3. The second-order valence-electron chi connectivity index (χ2n) is 12.7. The van der Waals surface area contributed by atoms with Crippen LogP contribution >= 0.6 is 0 Å². The van der Waals surface area contributed by atoms with Crippen LogP contribution in [0.15, 0.2) is 66.7 Å². The van der Waals surface area contributed by atoms with E-state index in [4.69, 9.17) is 9.47 Å². The minimum absolute atomic E-state index is 0.313. The molecule has 1 N–H and O–H groups in total. The molecule has 0 amide bonds. The predicted octanol–water partition coefficient (Wildman–Crippen LogP) is 9.87. The summed E-state index contributed by atoms with van der Waals surface area (Å²) in [5, 5.41) is 3.79. The molecule has 0 fully saturated rings. The van der Waals surface area contributed by atoms with Crippen molar-refractivity contribution in [2.24, 2.45) is 5.92 Å². The van der Waals surface area contributed by atoms with E-state index in [1.54, 1.807) is 0 Å². The summed E-state index contributed by atoms with van der Waals surface area (Å²) in [6, 6.07) is 22.8. The maximum absolute atomic E-state index is 13.5. The Morgan fingerprint density at radius 1 is 0.800 bits per heavy atom. The lowest BCUT2D eigenvalue weighted by atomic mass is 9.77. The van der Waals surface area contributed by atoms with Crippen molar-refractivity contribution in [3.8, 4) is 11.5 Å². The molecule has 2 heterocycles. The standard InChI is InChI=1S/C40H46N2O3/c1-8-27-16-19-35(30(10-3)29(27)9-2)41-36-24-34-37(22-26(36)7)44-38-23-28(42(11-4)21-20-25(5)6)17-18-33(38)40(34)32-15-13-12-14-31(32)39(43)45-40/h12-19,22-25,41H,8-11,20-21H2,1-7H3. The maximum atomic E-state index is 13.5. The quantitative estimate of drug-likeness (QED) is 0.183. The third-order valence-corrected chi connectivity index (χ3v) is 9.65. The van der Waals surface area contributed by atoms with Gasteiger partial charge in [0.25, 0.3) is 0 Å². The summed E-state index contributed by atoms with van der Waals surface area (Å²) in [4.78, 5) is 15.9. The van der Waals surface area contributed by atoms with Gasteiger partial charge in [0.1, 0.15) is 11.5 Å². The number of fused-ring (bicyclic) bond motifs is 6. The van der Waals surface area contributed by atoms with E-state index >= 15 is 0 Å². The highest BCUT2D eigenvalue weighted by molar-refractivity contribution is 5.97. The lowest BCUT2D eigenvalue weighted by molar-refractivity contribution is 0.0224. The molecule has 4 aromatic carbocycles. The molecule has 0 aromatic heterocycles. The van der Waals surface area contributed by atoms with Crippen molar-refractivity contribution in [1.29, 1.82) is 0 Å². The van der Waals surface area contributed by atoms with Crippen LogP contribution in [0.2, 0.25) is 0 Å². The van der Waals surface area contributed by atoms with Gasteiger partial charge in [-0.05, 0) is 104 Å². The zero-order valence-electron chi connectivity index (χ0n) is 27.8. The van der Waals surface area contributed by atoms with Gasteiger partial charge in [0, 0.05) is 52.9 Å². The predicted molar refractivity (Wildman–Crippen MR) is 185 cm³/mol. The van der Waals surface area contributed by atoms with Gasteiger partial charge in [-0.1, -0.05) is 58.9 Å². The Morgan fingerprint density at radius 3 is 2.27 bits per heavy atom. The van der Waals surface area contributed by atoms with Crippen molar-refractivity contribution in [3.05, 3.63) is 111 Å². The zero-order valence-corrected chi connectivity index (χ0v) is 27.8. The fourth-order valence-corrected chi connectivity index (χ4v) is 7.20. The van der Waals surface area contributed by atoms with Gasteiger partial charge >= 0.3 is 5.97 Å². The van der Waals surface area contributed by atoms with Crippen LogP contribution in [-0.2, 0) is 29.6 Å². The number of rotatable bonds is 10. The summed E-state index contributed by atoms with van der Waals surface area (Å²) in [6.07, 6.45) is 4.08. The average Bonchev–Trinajstić information content (AvgIpc) is 3.33. The fourth-order valence-electron chi connectivity index (χ4n) is 7.20. The number of benzene rings is 4. The largest absolute Gasteiger partial charge is 0.456 e. The van der Waals surface area contributed by atoms with Gasteiger partial charge in [0.15, 0.2) is 5.60 Å². The van der Waals surface area contributed by atoms with Crippen molar-refractivity contribution in [2.75, 3.05) is 23.3 Å². The Morgan fingerprint density at radius 2 is 1.56 bits per heavy atom. The van der Waals surface area contributed by atoms with Gasteiger partial charge in [0.05, 0.1) is 5.56 Å². The Labute approximate surface area is 268 Å². The number of carbonyl (C=O) groups is 1. The molecule has 0 bridgehead atoms. The molecule has 5 nitrogen and oxygen atoms in total. The van der Waals surface area contributed by atoms with Gasteiger partial charge in [-0.2, -0.15) is 0 Å². The first-order valence-electron chi connectivity index (χ1n) is 16.7. The topological polar surface area (TPSA) is 50.8 Å². The fraction of sp³-hybridized carbons (Fsp3) is 0.375. The molecule has 0 saturated carbocycles. The Bertz CT molecular complexity index is 1760. The third kappa shape index (κ3) is 5.16. The average molecular weight is 603 g/mol. The van der Waals surface area contributed by atoms with Crippen LogP contribution in [0, 0.1) is 12.8 Å². The SMILES string of the molecule is CCc1ccc(Nc2cc3c(cc2C)Oc2cc(N(CC)CCC(C)C)ccc2C32OC(=O)c3ccccc32)c(CC)c1CC. The Hall–Kier alpha value is -4.25. The van der Waals surface area contributed by atoms with Crippen molar-refractivity contribution in [3.63, 3.8) is 0 Å². The molecule has 234 valence electrons. The van der Waals surface area contributed by atoms with Crippen LogP contribution in [0.3, 0.4) is 0 Å². The molecule has 1 spiro atoms. The monoisotopic (exact) mass is 602 g/mol. The number of hydrogen-bond acceptors (Lipinski definition) is 5. The summed E-state index contributed by atoms with van der Waals surface area (Å²) in [7, 11) is 0. The van der Waals surface area contributed by atoms with Crippen LogP contribution in [0.4, 0.5) is 17.1 Å². The van der Waals surface area contributed by atoms with E-state index < -0.39 is 5.60 Å². The minimum Gasteiger partial charge on any atom is -0.456 e. The second-order valence-corrected chi connectivity index (χ2v) is 12.7. The van der Waals surface area contributed by atoms with Crippen LogP contribution in [0.5, 0.6) is 11.5 Å². The summed E-state index contributed by atoms with van der Waals surface area (Å²) < 4.78 is 13.2. The maximum Gasteiger partial charge on any atom is 0.340 e. The van der Waals surface area contributed by atoms with E-state index in [-0.39, 0.29) is 5.97 Å². The van der Waals surface area contributed by atoms with E-state index in [1.807, 2.05) is 24.3 Å². The number of ether oxygens (including phenoxy) is 2.